The van der Waals surface area contributed by atoms with Crippen LogP contribution in [0.3, 0.4) is 0 Å². The van der Waals surface area contributed by atoms with Crippen LogP contribution in [0.5, 0.6) is 5.75 Å². The number of nitrogens with one attached hydrogen (secondary N) is 2. The second-order valence-electron chi connectivity index (χ2n) is 6.70. The normalized spacial score (nSPS) is 27.6. The molecule has 0 spiro atoms. The van der Waals surface area contributed by atoms with Gasteiger partial charge in [-0.15, -0.1) is 0 Å². The number of benzene rings is 1. The van der Waals surface area contributed by atoms with E-state index >= 15 is 0 Å². The number of phenols is 1. The summed E-state index contributed by atoms with van der Waals surface area (Å²) in [5.74, 6) is 0.461. The van der Waals surface area contributed by atoms with E-state index in [4.69, 9.17) is 4.74 Å². The third-order valence-electron chi connectivity index (χ3n) is 5.19. The molecule has 2 aliphatic rings. The zero-order chi connectivity index (χ0) is 16.2. The molecule has 0 aromatic heterocycles. The molecule has 0 saturated carbocycles. The van der Waals surface area contributed by atoms with Crippen LogP contribution in [0.1, 0.15) is 31.2 Å². The Morgan fingerprint density at radius 3 is 2.70 bits per heavy atom. The first kappa shape index (κ1) is 16.3. The van der Waals surface area contributed by atoms with Crippen LogP contribution in [0.25, 0.3) is 0 Å². The lowest BCUT2D eigenvalue weighted by Crippen LogP contribution is -2.50. The average Bonchev–Trinajstić information content (AvgIpc) is 2.90. The number of para-hydroxylation sites is 1. The summed E-state index contributed by atoms with van der Waals surface area (Å²) in [4.78, 5) is 12.2. The van der Waals surface area contributed by atoms with Gasteiger partial charge in [-0.25, -0.2) is 0 Å². The summed E-state index contributed by atoms with van der Waals surface area (Å²) >= 11 is 0. The molecule has 0 aliphatic carbocycles. The summed E-state index contributed by atoms with van der Waals surface area (Å²) in [6.07, 6.45) is 5.18. The van der Waals surface area contributed by atoms with Gasteiger partial charge in [0.05, 0.1) is 7.11 Å². The van der Waals surface area contributed by atoms with Crippen molar-refractivity contribution in [3.63, 3.8) is 0 Å². The van der Waals surface area contributed by atoms with Crippen molar-refractivity contribution in [1.29, 1.82) is 0 Å². The van der Waals surface area contributed by atoms with E-state index in [1.54, 1.807) is 6.07 Å². The lowest BCUT2D eigenvalue weighted by molar-refractivity contribution is -0.145. The van der Waals surface area contributed by atoms with E-state index in [0.717, 1.165) is 18.4 Å². The van der Waals surface area contributed by atoms with Crippen LogP contribution in [0.4, 0.5) is 0 Å². The van der Waals surface area contributed by atoms with E-state index < -0.39 is 0 Å². The maximum atomic E-state index is 12.2. The smallest absolute Gasteiger partial charge is 0.323 e. The van der Waals surface area contributed by atoms with E-state index in [1.807, 2.05) is 18.2 Å². The van der Waals surface area contributed by atoms with Gasteiger partial charge < -0.3 is 20.5 Å². The zero-order valence-corrected chi connectivity index (χ0v) is 13.6. The molecule has 4 atom stereocenters. The lowest BCUT2D eigenvalue weighted by Gasteiger charge is -2.33. The van der Waals surface area contributed by atoms with E-state index in [-0.39, 0.29) is 12.0 Å². The van der Waals surface area contributed by atoms with Gasteiger partial charge in [0.1, 0.15) is 11.8 Å². The molecule has 5 nitrogen and oxygen atoms in total. The first-order valence-corrected chi connectivity index (χ1v) is 8.51. The molecule has 1 aromatic rings. The van der Waals surface area contributed by atoms with Gasteiger partial charge in [0.15, 0.2) is 0 Å². The maximum Gasteiger partial charge on any atom is 0.323 e. The molecule has 2 bridgehead atoms. The molecule has 3 rings (SSSR count). The van der Waals surface area contributed by atoms with Crippen LogP contribution in [0.15, 0.2) is 24.3 Å². The number of ether oxygens (including phenoxy) is 1. The molecule has 1 aromatic carbocycles. The molecular weight excluding hydrogens is 292 g/mol. The Labute approximate surface area is 137 Å². The number of phenolic OH excluding ortho intramolecular Hbond substituents is 1. The highest BCUT2D eigenvalue weighted by Gasteiger charge is 2.39. The number of piperidine rings is 1. The van der Waals surface area contributed by atoms with Crippen molar-refractivity contribution in [3.05, 3.63) is 29.8 Å². The highest BCUT2D eigenvalue weighted by Crippen LogP contribution is 2.33. The Bertz CT molecular complexity index is 537. The molecule has 3 N–H and O–H groups in total. The molecule has 2 saturated heterocycles. The lowest BCUT2D eigenvalue weighted by atomic mass is 9.86. The summed E-state index contributed by atoms with van der Waals surface area (Å²) in [5.41, 5.74) is 0.897. The fraction of sp³-hybridized carbons (Fsp3) is 0.611. The third kappa shape index (κ3) is 3.85. The van der Waals surface area contributed by atoms with Gasteiger partial charge in [-0.1, -0.05) is 18.2 Å². The van der Waals surface area contributed by atoms with E-state index in [0.29, 0.717) is 36.7 Å². The number of esters is 1. The summed E-state index contributed by atoms with van der Waals surface area (Å²) in [6.45, 7) is 0.649. The van der Waals surface area contributed by atoms with Crippen molar-refractivity contribution < 1.29 is 14.6 Å². The standard InChI is InChI=1S/C18H26N2O3/c1-23-18(22)17(13-10-14-6-7-15(11-13)20-14)19-9-8-12-4-2-3-5-16(12)21/h2-5,13-15,17,19-21H,6-11H2,1H3/t13?,14-,15?,17+/m1/s1. The topological polar surface area (TPSA) is 70.6 Å². The SMILES string of the molecule is COC(=O)[C@@H](NCCc1ccccc1O)C1CC2CC[C@H](C1)N2. The number of carbonyl (C=O) groups excluding carboxylic acids is 1. The van der Waals surface area contributed by atoms with Gasteiger partial charge in [-0.2, -0.15) is 0 Å². The van der Waals surface area contributed by atoms with Crippen molar-refractivity contribution in [2.45, 2.75) is 50.2 Å². The van der Waals surface area contributed by atoms with Crippen molar-refractivity contribution >= 4 is 5.97 Å². The van der Waals surface area contributed by atoms with Crippen molar-refractivity contribution in [2.24, 2.45) is 5.92 Å². The number of hydrogen-bond acceptors (Lipinski definition) is 5. The van der Waals surface area contributed by atoms with Crippen LogP contribution in [-0.2, 0) is 16.0 Å². The van der Waals surface area contributed by atoms with Gasteiger partial charge >= 0.3 is 5.97 Å². The van der Waals surface area contributed by atoms with Crippen LogP contribution in [-0.4, -0.2) is 42.9 Å². The summed E-state index contributed by atoms with van der Waals surface area (Å²) in [7, 11) is 1.45. The summed E-state index contributed by atoms with van der Waals surface area (Å²) < 4.78 is 5.01. The van der Waals surface area contributed by atoms with E-state index in [2.05, 4.69) is 10.6 Å². The predicted molar refractivity (Wildman–Crippen MR) is 88.3 cm³/mol. The third-order valence-corrected chi connectivity index (χ3v) is 5.19. The highest BCUT2D eigenvalue weighted by atomic mass is 16.5. The second kappa shape index (κ2) is 7.32. The Kier molecular flexibility index (Phi) is 5.18. The van der Waals surface area contributed by atoms with E-state index in [1.165, 1.54) is 20.0 Å². The number of fused-ring (bicyclic) bond motifs is 2. The summed E-state index contributed by atoms with van der Waals surface area (Å²) in [5, 5.41) is 16.8. The molecule has 126 valence electrons. The fourth-order valence-electron chi connectivity index (χ4n) is 4.03. The maximum absolute atomic E-state index is 12.2. The van der Waals surface area contributed by atoms with Crippen molar-refractivity contribution in [1.82, 2.24) is 10.6 Å². The highest BCUT2D eigenvalue weighted by molar-refractivity contribution is 5.76. The molecule has 2 unspecified atom stereocenters. The first-order valence-electron chi connectivity index (χ1n) is 8.51. The van der Waals surface area contributed by atoms with Gasteiger partial charge in [0, 0.05) is 18.6 Å². The second-order valence-corrected chi connectivity index (χ2v) is 6.70. The molecule has 23 heavy (non-hydrogen) atoms. The van der Waals surface area contributed by atoms with Crippen LogP contribution >= 0.6 is 0 Å². The molecule has 2 heterocycles. The van der Waals surface area contributed by atoms with Crippen molar-refractivity contribution in [2.75, 3.05) is 13.7 Å². The van der Waals surface area contributed by atoms with E-state index in [9.17, 15) is 9.90 Å². The van der Waals surface area contributed by atoms with Gasteiger partial charge in [-0.05, 0) is 49.7 Å². The molecular formula is C18H26N2O3. The minimum Gasteiger partial charge on any atom is -0.508 e. The monoisotopic (exact) mass is 318 g/mol. The Morgan fingerprint density at radius 2 is 2.04 bits per heavy atom. The molecule has 5 heteroatoms. The molecule has 0 radical (unpaired) electrons. The Morgan fingerprint density at radius 1 is 1.35 bits per heavy atom. The number of carbonyl (C=O) groups is 1. The molecule has 2 fully saturated rings. The Hall–Kier alpha value is -1.59. The number of hydrogen-bond donors (Lipinski definition) is 3. The predicted octanol–water partition coefficient (Wildman–Crippen LogP) is 1.60. The quantitative estimate of drug-likeness (QED) is 0.695. The molecule has 0 amide bonds. The number of rotatable bonds is 6. The minimum absolute atomic E-state index is 0.173. The van der Waals surface area contributed by atoms with Gasteiger partial charge in [0.2, 0.25) is 0 Å². The van der Waals surface area contributed by atoms with Crippen LogP contribution < -0.4 is 10.6 Å². The number of aromatic hydroxyl groups is 1. The first-order chi connectivity index (χ1) is 11.2. The van der Waals surface area contributed by atoms with Crippen molar-refractivity contribution in [3.8, 4) is 5.75 Å². The van der Waals surface area contributed by atoms with Gasteiger partial charge in [-0.3, -0.25) is 4.79 Å². The molecule has 2 aliphatic heterocycles. The largest absolute Gasteiger partial charge is 0.508 e. The summed E-state index contributed by atoms with van der Waals surface area (Å²) in [6, 6.07) is 8.17. The van der Waals surface area contributed by atoms with Gasteiger partial charge in [0.25, 0.3) is 0 Å². The fourth-order valence-corrected chi connectivity index (χ4v) is 4.03. The zero-order valence-electron chi connectivity index (χ0n) is 13.6. The van der Waals surface area contributed by atoms with Crippen LogP contribution in [0.2, 0.25) is 0 Å². The minimum atomic E-state index is -0.254. The van der Waals surface area contributed by atoms with Crippen LogP contribution in [0, 0.1) is 5.92 Å². The average molecular weight is 318 g/mol. The Balaban J connectivity index is 1.59. The number of methoxy groups -OCH3 is 1.